The molecule has 0 saturated carbocycles. The average Bonchev–Trinajstić information content (AvgIpc) is 2.59. The predicted octanol–water partition coefficient (Wildman–Crippen LogP) is 4.00. The van der Waals surface area contributed by atoms with Gasteiger partial charge in [-0.15, -0.1) is 11.3 Å². The molecule has 0 aliphatic rings. The Hall–Kier alpha value is -0.830. The molecular formula is C15H25NOS. The highest BCUT2D eigenvalue weighted by Crippen LogP contribution is 2.19. The van der Waals surface area contributed by atoms with Crippen LogP contribution in [0.1, 0.15) is 51.5 Å². The summed E-state index contributed by atoms with van der Waals surface area (Å²) >= 11 is 1.74. The molecule has 0 atom stereocenters. The fourth-order valence-electron chi connectivity index (χ4n) is 1.83. The number of carbonyl (C=O) groups is 1. The molecule has 0 fully saturated rings. The van der Waals surface area contributed by atoms with Gasteiger partial charge >= 0.3 is 0 Å². The lowest BCUT2D eigenvalue weighted by atomic mass is 9.92. The third kappa shape index (κ3) is 6.20. The van der Waals surface area contributed by atoms with Crippen molar-refractivity contribution in [2.24, 2.45) is 11.3 Å². The molecule has 1 N–H and O–H groups in total. The topological polar surface area (TPSA) is 29.1 Å². The molecule has 1 aromatic heterocycles. The van der Waals surface area contributed by atoms with Crippen LogP contribution in [0.3, 0.4) is 0 Å². The summed E-state index contributed by atoms with van der Waals surface area (Å²) < 4.78 is 0. The highest BCUT2D eigenvalue weighted by Gasteiger charge is 2.15. The predicted molar refractivity (Wildman–Crippen MR) is 78.8 cm³/mol. The van der Waals surface area contributed by atoms with Gasteiger partial charge in [-0.3, -0.25) is 4.79 Å². The summed E-state index contributed by atoms with van der Waals surface area (Å²) in [6.45, 7) is 11.4. The summed E-state index contributed by atoms with van der Waals surface area (Å²) in [4.78, 5) is 13.0. The molecule has 1 amide bonds. The van der Waals surface area contributed by atoms with E-state index >= 15 is 0 Å². The van der Waals surface area contributed by atoms with Crippen molar-refractivity contribution in [1.29, 1.82) is 0 Å². The van der Waals surface area contributed by atoms with Crippen molar-refractivity contribution in [2.75, 3.05) is 0 Å². The minimum Gasteiger partial charge on any atom is -0.351 e. The number of rotatable bonds is 5. The van der Waals surface area contributed by atoms with Crippen LogP contribution < -0.4 is 5.32 Å². The molecule has 0 unspecified atom stereocenters. The van der Waals surface area contributed by atoms with Crippen LogP contribution in [0.25, 0.3) is 0 Å². The molecule has 1 rings (SSSR count). The third-order valence-electron chi connectivity index (χ3n) is 2.50. The van der Waals surface area contributed by atoms with Crippen molar-refractivity contribution < 1.29 is 4.79 Å². The van der Waals surface area contributed by atoms with Crippen molar-refractivity contribution in [1.82, 2.24) is 5.32 Å². The summed E-state index contributed by atoms with van der Waals surface area (Å²) in [5, 5.41) is 5.19. The van der Waals surface area contributed by atoms with E-state index in [-0.39, 0.29) is 11.3 Å². The SMILES string of the molecule is CC(C)Cc1csc(CNC(=O)CC(C)(C)C)c1. The summed E-state index contributed by atoms with van der Waals surface area (Å²) in [6.07, 6.45) is 1.70. The van der Waals surface area contributed by atoms with Crippen molar-refractivity contribution in [2.45, 2.75) is 54.0 Å². The van der Waals surface area contributed by atoms with Gasteiger partial charge in [0, 0.05) is 11.3 Å². The average molecular weight is 267 g/mol. The Kier molecular flexibility index (Phi) is 5.39. The van der Waals surface area contributed by atoms with Crippen LogP contribution in [0.15, 0.2) is 11.4 Å². The van der Waals surface area contributed by atoms with Gasteiger partial charge in [0.15, 0.2) is 0 Å². The largest absolute Gasteiger partial charge is 0.351 e. The maximum Gasteiger partial charge on any atom is 0.220 e. The van der Waals surface area contributed by atoms with Gasteiger partial charge in [-0.2, -0.15) is 0 Å². The van der Waals surface area contributed by atoms with Gasteiger partial charge in [-0.25, -0.2) is 0 Å². The maximum absolute atomic E-state index is 11.7. The molecule has 0 radical (unpaired) electrons. The number of hydrogen-bond donors (Lipinski definition) is 1. The third-order valence-corrected chi connectivity index (χ3v) is 3.49. The van der Waals surface area contributed by atoms with Crippen LogP contribution in [-0.4, -0.2) is 5.91 Å². The smallest absolute Gasteiger partial charge is 0.220 e. The maximum atomic E-state index is 11.7. The normalized spacial score (nSPS) is 11.9. The second-order valence-electron chi connectivity index (χ2n) is 6.53. The zero-order valence-electron chi connectivity index (χ0n) is 12.2. The molecule has 0 aliphatic heterocycles. The number of amides is 1. The first-order valence-corrected chi connectivity index (χ1v) is 7.47. The Bertz CT molecular complexity index is 387. The van der Waals surface area contributed by atoms with Crippen LogP contribution in [-0.2, 0) is 17.8 Å². The quantitative estimate of drug-likeness (QED) is 0.858. The van der Waals surface area contributed by atoms with Gasteiger partial charge in [0.2, 0.25) is 5.91 Å². The first-order valence-electron chi connectivity index (χ1n) is 6.59. The molecule has 0 spiro atoms. The number of hydrogen-bond acceptors (Lipinski definition) is 2. The standard InChI is InChI=1S/C15H25NOS/c1-11(2)6-12-7-13(18-10-12)9-16-14(17)8-15(3,4)5/h7,10-11H,6,8-9H2,1-5H3,(H,16,17). The first kappa shape index (κ1) is 15.2. The Morgan fingerprint density at radius 1 is 1.39 bits per heavy atom. The second-order valence-corrected chi connectivity index (χ2v) is 7.53. The minimum atomic E-state index is 0.0579. The van der Waals surface area contributed by atoms with Crippen molar-refractivity contribution in [3.63, 3.8) is 0 Å². The fourth-order valence-corrected chi connectivity index (χ4v) is 2.67. The lowest BCUT2D eigenvalue weighted by molar-refractivity contribution is -0.122. The highest BCUT2D eigenvalue weighted by atomic mass is 32.1. The molecule has 0 bridgehead atoms. The molecule has 1 aromatic rings. The summed E-state index contributed by atoms with van der Waals surface area (Å²) in [6, 6.07) is 2.21. The Labute approximate surface area is 115 Å². The van der Waals surface area contributed by atoms with Crippen LogP contribution in [0.2, 0.25) is 0 Å². The Balaban J connectivity index is 2.39. The Morgan fingerprint density at radius 2 is 2.06 bits per heavy atom. The summed E-state index contributed by atoms with van der Waals surface area (Å²) in [5.41, 5.74) is 1.44. The zero-order chi connectivity index (χ0) is 13.8. The fraction of sp³-hybridized carbons (Fsp3) is 0.667. The van der Waals surface area contributed by atoms with Gasteiger partial charge in [-0.05, 0) is 34.8 Å². The van der Waals surface area contributed by atoms with E-state index in [1.165, 1.54) is 10.4 Å². The van der Waals surface area contributed by atoms with E-state index in [0.29, 0.717) is 18.9 Å². The molecule has 2 nitrogen and oxygen atoms in total. The summed E-state index contributed by atoms with van der Waals surface area (Å²) in [5.74, 6) is 0.823. The lowest BCUT2D eigenvalue weighted by Crippen LogP contribution is -2.26. The number of nitrogens with one attached hydrogen (secondary N) is 1. The molecule has 0 aliphatic carbocycles. The van der Waals surface area contributed by atoms with Crippen LogP contribution in [0.5, 0.6) is 0 Å². The highest BCUT2D eigenvalue weighted by molar-refractivity contribution is 7.10. The van der Waals surface area contributed by atoms with Crippen molar-refractivity contribution in [3.05, 3.63) is 21.9 Å². The second kappa shape index (κ2) is 6.37. The van der Waals surface area contributed by atoms with Gasteiger partial charge in [0.05, 0.1) is 6.54 Å². The molecule has 0 saturated heterocycles. The number of carbonyl (C=O) groups excluding carboxylic acids is 1. The monoisotopic (exact) mass is 267 g/mol. The van der Waals surface area contributed by atoms with E-state index in [1.807, 2.05) is 0 Å². The molecule has 0 aromatic carbocycles. The lowest BCUT2D eigenvalue weighted by Gasteiger charge is -2.16. The van der Waals surface area contributed by atoms with Gasteiger partial charge in [0.1, 0.15) is 0 Å². The summed E-state index contributed by atoms with van der Waals surface area (Å²) in [7, 11) is 0. The number of thiophene rings is 1. The molecular weight excluding hydrogens is 242 g/mol. The van der Waals surface area contributed by atoms with Crippen LogP contribution in [0, 0.1) is 11.3 Å². The van der Waals surface area contributed by atoms with E-state index in [1.54, 1.807) is 11.3 Å². The molecule has 1 heterocycles. The molecule has 18 heavy (non-hydrogen) atoms. The Morgan fingerprint density at radius 3 is 2.61 bits per heavy atom. The van der Waals surface area contributed by atoms with Gasteiger partial charge in [0.25, 0.3) is 0 Å². The van der Waals surface area contributed by atoms with Crippen molar-refractivity contribution in [3.8, 4) is 0 Å². The van der Waals surface area contributed by atoms with E-state index in [4.69, 9.17) is 0 Å². The minimum absolute atomic E-state index is 0.0579. The van der Waals surface area contributed by atoms with Gasteiger partial charge < -0.3 is 5.32 Å². The van der Waals surface area contributed by atoms with Crippen LogP contribution in [0.4, 0.5) is 0 Å². The molecule has 3 heteroatoms. The van der Waals surface area contributed by atoms with E-state index in [9.17, 15) is 4.79 Å². The van der Waals surface area contributed by atoms with Gasteiger partial charge in [-0.1, -0.05) is 34.6 Å². The van der Waals surface area contributed by atoms with Crippen LogP contribution >= 0.6 is 11.3 Å². The first-order chi connectivity index (χ1) is 8.26. The van der Waals surface area contributed by atoms with E-state index in [0.717, 1.165) is 6.42 Å². The zero-order valence-corrected chi connectivity index (χ0v) is 13.0. The molecule has 102 valence electrons. The van der Waals surface area contributed by atoms with Crippen molar-refractivity contribution >= 4 is 17.2 Å². The van der Waals surface area contributed by atoms with E-state index in [2.05, 4.69) is 51.4 Å². The van der Waals surface area contributed by atoms with E-state index < -0.39 is 0 Å².